The molecule has 1 N–H and O–H groups in total. The van der Waals surface area contributed by atoms with Crippen LogP contribution in [-0.2, 0) is 9.63 Å². The minimum atomic E-state index is -0.184. The molecule has 1 amide bonds. The third-order valence-corrected chi connectivity index (χ3v) is 6.11. The van der Waals surface area contributed by atoms with E-state index < -0.39 is 0 Å². The van der Waals surface area contributed by atoms with Crippen LogP contribution in [0.5, 0.6) is 5.75 Å². The van der Waals surface area contributed by atoms with E-state index >= 15 is 0 Å². The van der Waals surface area contributed by atoms with Crippen LogP contribution in [0.25, 0.3) is 0 Å². The van der Waals surface area contributed by atoms with Gasteiger partial charge >= 0.3 is 0 Å². The first-order valence-electron chi connectivity index (χ1n) is 11.9. The van der Waals surface area contributed by atoms with Crippen LogP contribution >= 0.6 is 0 Å². The number of methoxy groups -OCH3 is 1. The average molecular weight is 460 g/mol. The van der Waals surface area contributed by atoms with Crippen molar-refractivity contribution < 1.29 is 14.4 Å². The molecular weight excluding hydrogens is 426 g/mol. The molecule has 0 saturated carbocycles. The van der Waals surface area contributed by atoms with Crippen LogP contribution in [0, 0.1) is 0 Å². The summed E-state index contributed by atoms with van der Waals surface area (Å²) in [5.41, 5.74) is 6.02. The summed E-state index contributed by atoms with van der Waals surface area (Å²) in [7, 11) is 1.63. The molecule has 6 heteroatoms. The number of amides is 1. The van der Waals surface area contributed by atoms with E-state index in [9.17, 15) is 4.79 Å². The van der Waals surface area contributed by atoms with Crippen molar-refractivity contribution in [1.82, 2.24) is 10.4 Å². The van der Waals surface area contributed by atoms with Crippen LogP contribution in [0.15, 0.2) is 90.7 Å². The maximum atomic E-state index is 13.1. The highest BCUT2D eigenvalue weighted by atomic mass is 16.6. The lowest BCUT2D eigenvalue weighted by molar-refractivity contribution is -0.119. The topological polar surface area (TPSA) is 54.0 Å². The van der Waals surface area contributed by atoms with Gasteiger partial charge in [-0.1, -0.05) is 49.1 Å². The van der Waals surface area contributed by atoms with E-state index in [1.54, 1.807) is 18.1 Å². The van der Waals surface area contributed by atoms with Gasteiger partial charge in [0.1, 0.15) is 5.75 Å². The maximum Gasteiger partial charge on any atom is 0.257 e. The summed E-state index contributed by atoms with van der Waals surface area (Å²) in [5, 5.41) is 0. The van der Waals surface area contributed by atoms with Crippen LogP contribution in [0.1, 0.15) is 30.9 Å². The molecule has 6 nitrogen and oxygen atoms in total. The molecule has 178 valence electrons. The number of rotatable bonds is 10. The molecule has 1 atom stereocenters. The van der Waals surface area contributed by atoms with Gasteiger partial charge in [0.15, 0.2) is 0 Å². The molecule has 0 aliphatic carbocycles. The lowest BCUT2D eigenvalue weighted by Crippen LogP contribution is -2.49. The highest BCUT2D eigenvalue weighted by Crippen LogP contribution is 2.43. The number of ether oxygens (including phenoxy) is 1. The van der Waals surface area contributed by atoms with Crippen LogP contribution in [0.3, 0.4) is 0 Å². The summed E-state index contributed by atoms with van der Waals surface area (Å²) in [5.74, 6) is 0.710. The van der Waals surface area contributed by atoms with Gasteiger partial charge in [-0.15, -0.1) is 0 Å². The summed E-state index contributed by atoms with van der Waals surface area (Å²) < 4.78 is 5.25. The number of carbonyl (C=O) groups excluding carboxylic acids is 1. The molecule has 2 aromatic rings. The molecule has 34 heavy (non-hydrogen) atoms. The fourth-order valence-corrected chi connectivity index (χ4v) is 4.35. The molecule has 0 aromatic heterocycles. The van der Waals surface area contributed by atoms with Crippen LogP contribution in [-0.4, -0.2) is 44.2 Å². The predicted molar refractivity (Wildman–Crippen MR) is 135 cm³/mol. The third kappa shape index (κ3) is 5.76. The highest BCUT2D eigenvalue weighted by Gasteiger charge is 2.43. The highest BCUT2D eigenvalue weighted by molar-refractivity contribution is 6.15. The quantitative estimate of drug-likeness (QED) is 0.182. The Morgan fingerprint density at radius 1 is 1.15 bits per heavy atom. The summed E-state index contributed by atoms with van der Waals surface area (Å²) in [6, 6.07) is 17.4. The number of hydroxylamine groups is 1. The van der Waals surface area contributed by atoms with Gasteiger partial charge < -0.3 is 4.74 Å². The Morgan fingerprint density at radius 3 is 2.71 bits per heavy atom. The minimum Gasteiger partial charge on any atom is -0.497 e. The van der Waals surface area contributed by atoms with Gasteiger partial charge in [0.25, 0.3) is 5.91 Å². The monoisotopic (exact) mass is 459 g/mol. The second-order valence-corrected chi connectivity index (χ2v) is 8.53. The van der Waals surface area contributed by atoms with Gasteiger partial charge in [0.2, 0.25) is 0 Å². The molecule has 0 spiro atoms. The molecular formula is C28H33N3O3. The first kappa shape index (κ1) is 23.8. The molecule has 0 radical (unpaired) electrons. The van der Waals surface area contributed by atoms with Gasteiger partial charge in [-0.05, 0) is 61.7 Å². The van der Waals surface area contributed by atoms with E-state index in [-0.39, 0.29) is 11.9 Å². The SMILES string of the molecule is C=C(C=C1C(=O)N(c2ccc(OC)cc2)C1c1ccccc1)NOCCCN1CC=CCCC1. The molecule has 4 rings (SSSR count). The van der Waals surface area contributed by atoms with Gasteiger partial charge in [-0.3, -0.25) is 24.9 Å². The number of carbonyl (C=O) groups is 1. The summed E-state index contributed by atoms with van der Waals surface area (Å²) in [6.45, 7) is 7.77. The van der Waals surface area contributed by atoms with Crippen LogP contribution in [0.4, 0.5) is 5.69 Å². The summed E-state index contributed by atoms with van der Waals surface area (Å²) in [4.78, 5) is 23.0. The number of nitrogens with one attached hydrogen (secondary N) is 1. The van der Waals surface area contributed by atoms with Crippen molar-refractivity contribution in [2.75, 3.05) is 38.3 Å². The number of nitrogens with zero attached hydrogens (tertiary/aromatic N) is 2. The normalized spacial score (nSPS) is 19.6. The number of β-lactam (4-membered cyclic amide) rings is 1. The third-order valence-electron chi connectivity index (χ3n) is 6.11. The molecule has 2 aliphatic rings. The lowest BCUT2D eigenvalue weighted by Gasteiger charge is -2.43. The average Bonchev–Trinajstić information content (AvgIpc) is 3.15. The largest absolute Gasteiger partial charge is 0.497 e. The Hall–Kier alpha value is -3.35. The van der Waals surface area contributed by atoms with E-state index in [4.69, 9.17) is 9.57 Å². The van der Waals surface area contributed by atoms with Crippen molar-refractivity contribution in [3.05, 3.63) is 96.2 Å². The number of allylic oxidation sites excluding steroid dienone is 2. The fraction of sp³-hybridized carbons (Fsp3) is 0.321. The Morgan fingerprint density at radius 2 is 1.94 bits per heavy atom. The van der Waals surface area contributed by atoms with Crippen molar-refractivity contribution in [3.8, 4) is 5.75 Å². The van der Waals surface area contributed by atoms with Gasteiger partial charge in [-0.2, -0.15) is 0 Å². The Bertz CT molecular complexity index is 1030. The van der Waals surface area contributed by atoms with Gasteiger partial charge in [0, 0.05) is 24.4 Å². The lowest BCUT2D eigenvalue weighted by atomic mass is 9.86. The predicted octanol–water partition coefficient (Wildman–Crippen LogP) is 4.79. The molecule has 1 unspecified atom stereocenters. The Labute approximate surface area is 202 Å². The van der Waals surface area contributed by atoms with Crippen molar-refractivity contribution in [2.24, 2.45) is 0 Å². The summed E-state index contributed by atoms with van der Waals surface area (Å²) in [6.07, 6.45) is 9.61. The van der Waals surface area contributed by atoms with E-state index in [1.165, 1.54) is 12.8 Å². The van der Waals surface area contributed by atoms with Gasteiger partial charge in [-0.25, -0.2) is 0 Å². The maximum absolute atomic E-state index is 13.1. The van der Waals surface area contributed by atoms with E-state index in [2.05, 4.69) is 29.1 Å². The number of hydrogen-bond acceptors (Lipinski definition) is 5. The first-order valence-corrected chi connectivity index (χ1v) is 11.9. The first-order chi connectivity index (χ1) is 16.7. The van der Waals surface area contributed by atoms with Crippen LogP contribution in [0.2, 0.25) is 0 Å². The number of anilines is 1. The van der Waals surface area contributed by atoms with Gasteiger partial charge in [0.05, 0.1) is 25.5 Å². The second kappa shape index (κ2) is 11.7. The molecule has 2 aliphatic heterocycles. The van der Waals surface area contributed by atoms with E-state index in [1.807, 2.05) is 54.6 Å². The molecule has 1 saturated heterocycles. The number of benzene rings is 2. The van der Waals surface area contributed by atoms with Crippen molar-refractivity contribution in [1.29, 1.82) is 0 Å². The second-order valence-electron chi connectivity index (χ2n) is 8.53. The zero-order chi connectivity index (χ0) is 23.8. The Balaban J connectivity index is 1.36. The molecule has 2 heterocycles. The fourth-order valence-electron chi connectivity index (χ4n) is 4.35. The zero-order valence-corrected chi connectivity index (χ0v) is 19.8. The van der Waals surface area contributed by atoms with Crippen molar-refractivity contribution in [3.63, 3.8) is 0 Å². The zero-order valence-electron chi connectivity index (χ0n) is 19.8. The molecule has 2 aromatic carbocycles. The minimum absolute atomic E-state index is 0.0452. The Kier molecular flexibility index (Phi) is 8.17. The van der Waals surface area contributed by atoms with Crippen molar-refractivity contribution >= 4 is 11.6 Å². The smallest absolute Gasteiger partial charge is 0.257 e. The summed E-state index contributed by atoms with van der Waals surface area (Å²) >= 11 is 0. The number of hydrogen-bond donors (Lipinski definition) is 1. The van der Waals surface area contributed by atoms with Crippen LogP contribution < -0.4 is 15.1 Å². The van der Waals surface area contributed by atoms with Crippen molar-refractivity contribution in [2.45, 2.75) is 25.3 Å². The van der Waals surface area contributed by atoms with E-state index in [0.717, 1.165) is 43.1 Å². The van der Waals surface area contributed by atoms with E-state index in [0.29, 0.717) is 17.9 Å². The molecule has 1 fully saturated rings. The molecule has 0 bridgehead atoms. The standard InChI is InChI=1S/C28H33N3O3/c1-22(29-34-20-10-19-30-17-8-3-4-9-18-30)21-26-27(23-11-6-5-7-12-23)31(28(26)32)24-13-15-25(33-2)16-14-24/h3,5-8,11-16,21,27,29H,1,4,9-10,17-20H2,2H3.